The van der Waals surface area contributed by atoms with Crippen molar-refractivity contribution >= 4 is 22.8 Å². The molecule has 0 fully saturated rings. The Balaban J connectivity index is 1.68. The number of rotatable bonds is 4. The van der Waals surface area contributed by atoms with Gasteiger partial charge in [0.25, 0.3) is 0 Å². The third-order valence-electron chi connectivity index (χ3n) is 4.73. The molecule has 0 aliphatic carbocycles. The Morgan fingerprint density at radius 3 is 2.83 bits per heavy atom. The molecule has 0 spiro atoms. The lowest BCUT2D eigenvalue weighted by Gasteiger charge is -2.10. The highest BCUT2D eigenvalue weighted by atomic mass is 19.4. The van der Waals surface area contributed by atoms with Gasteiger partial charge in [0.05, 0.1) is 12.7 Å². The summed E-state index contributed by atoms with van der Waals surface area (Å²) in [5.41, 5.74) is 3.10. The van der Waals surface area contributed by atoms with Crippen molar-refractivity contribution in [1.82, 2.24) is 10.0 Å². The smallest absolute Gasteiger partial charge is 0.419 e. The Labute approximate surface area is 168 Å². The number of ether oxygens (including phenoxy) is 1. The molecule has 1 unspecified atom stereocenters. The zero-order valence-corrected chi connectivity index (χ0v) is 15.6. The highest BCUT2D eigenvalue weighted by Gasteiger charge is 2.35. The molecule has 0 saturated heterocycles. The predicted molar refractivity (Wildman–Crippen MR) is 101 cm³/mol. The Morgan fingerprint density at radius 1 is 1.30 bits per heavy atom. The molecule has 2 N–H and O–H groups in total. The van der Waals surface area contributed by atoms with Crippen LogP contribution in [0.5, 0.6) is 5.75 Å². The number of carbonyl (C=O) groups is 1. The third-order valence-corrected chi connectivity index (χ3v) is 4.73. The van der Waals surface area contributed by atoms with Gasteiger partial charge in [0.2, 0.25) is 5.90 Å². The summed E-state index contributed by atoms with van der Waals surface area (Å²) >= 11 is 0. The van der Waals surface area contributed by atoms with E-state index in [0.717, 1.165) is 28.6 Å². The third kappa shape index (κ3) is 3.57. The molecule has 0 radical (unpaired) electrons. The molecule has 1 aliphatic rings. The van der Waals surface area contributed by atoms with Crippen molar-refractivity contribution in [3.8, 4) is 5.75 Å². The first kappa shape index (κ1) is 19.8. The molecule has 0 amide bonds. The van der Waals surface area contributed by atoms with Gasteiger partial charge in [-0.1, -0.05) is 12.1 Å². The molecule has 30 heavy (non-hydrogen) atoms. The molecular weight excluding hydrogens is 403 g/mol. The van der Waals surface area contributed by atoms with Crippen LogP contribution in [0.4, 0.5) is 13.2 Å². The Bertz CT molecular complexity index is 1150. The number of aromatic hydroxyl groups is 1. The zero-order valence-electron chi connectivity index (χ0n) is 15.6. The van der Waals surface area contributed by atoms with Gasteiger partial charge in [-0.2, -0.15) is 13.2 Å². The van der Waals surface area contributed by atoms with Crippen LogP contribution in [0.15, 0.2) is 53.7 Å². The number of carbonyl (C=O) groups excluding carboxylic acids is 1. The molecule has 156 valence electrons. The zero-order chi connectivity index (χ0) is 21.5. The van der Waals surface area contributed by atoms with E-state index < -0.39 is 29.6 Å². The van der Waals surface area contributed by atoms with Crippen LogP contribution in [0.1, 0.15) is 22.9 Å². The number of aliphatic imine (C=N–C) groups is 1. The maximum absolute atomic E-state index is 13.1. The summed E-state index contributed by atoms with van der Waals surface area (Å²) in [7, 11) is 1.31. The number of halogens is 3. The quantitative estimate of drug-likeness (QED) is 0.632. The molecule has 1 aliphatic heterocycles. The summed E-state index contributed by atoms with van der Waals surface area (Å²) in [6.45, 7) is 0.0420. The van der Waals surface area contributed by atoms with Crippen molar-refractivity contribution in [2.45, 2.75) is 18.9 Å². The van der Waals surface area contributed by atoms with Crippen LogP contribution >= 0.6 is 0 Å². The SMILES string of the molecule is COC(=O)Cn1ccc2c(C3N=C(c4ccc(O)c(C(F)(F)F)c4)ON3)cccc21. The Kier molecular flexibility index (Phi) is 4.86. The average molecular weight is 419 g/mol. The topological polar surface area (TPSA) is 85.1 Å². The van der Waals surface area contributed by atoms with E-state index in [1.165, 1.54) is 13.2 Å². The van der Waals surface area contributed by atoms with Crippen LogP contribution in [-0.4, -0.2) is 28.7 Å². The number of aromatic nitrogens is 1. The van der Waals surface area contributed by atoms with Gasteiger partial charge in [0, 0.05) is 28.2 Å². The van der Waals surface area contributed by atoms with Crippen molar-refractivity contribution in [3.63, 3.8) is 0 Å². The molecule has 7 nitrogen and oxygen atoms in total. The lowest BCUT2D eigenvalue weighted by Crippen LogP contribution is -2.15. The Morgan fingerprint density at radius 2 is 2.10 bits per heavy atom. The largest absolute Gasteiger partial charge is 0.507 e. The summed E-state index contributed by atoms with van der Waals surface area (Å²) in [6, 6.07) is 10.2. The lowest BCUT2D eigenvalue weighted by atomic mass is 10.1. The van der Waals surface area contributed by atoms with Crippen LogP contribution < -0.4 is 5.48 Å². The van der Waals surface area contributed by atoms with Crippen LogP contribution in [0.3, 0.4) is 0 Å². The van der Waals surface area contributed by atoms with Crippen LogP contribution in [0, 0.1) is 0 Å². The van der Waals surface area contributed by atoms with Crippen molar-refractivity contribution in [1.29, 1.82) is 0 Å². The summed E-state index contributed by atoms with van der Waals surface area (Å²) < 4.78 is 45.6. The van der Waals surface area contributed by atoms with Crippen molar-refractivity contribution in [2.24, 2.45) is 4.99 Å². The second-order valence-electron chi connectivity index (χ2n) is 6.59. The lowest BCUT2D eigenvalue weighted by molar-refractivity contribution is -0.141. The predicted octanol–water partition coefficient (Wildman–Crippen LogP) is 3.52. The number of fused-ring (bicyclic) bond motifs is 1. The second-order valence-corrected chi connectivity index (χ2v) is 6.59. The molecule has 4 rings (SSSR count). The molecule has 2 heterocycles. The fraction of sp³-hybridized carbons (Fsp3) is 0.200. The van der Waals surface area contributed by atoms with E-state index in [0.29, 0.717) is 0 Å². The first-order chi connectivity index (χ1) is 14.3. The van der Waals surface area contributed by atoms with Crippen molar-refractivity contribution < 1.29 is 32.6 Å². The van der Waals surface area contributed by atoms with E-state index in [1.807, 2.05) is 12.1 Å². The first-order valence-corrected chi connectivity index (χ1v) is 8.83. The van der Waals surface area contributed by atoms with Crippen molar-refractivity contribution in [2.75, 3.05) is 7.11 Å². The molecule has 1 aromatic heterocycles. The molecule has 10 heteroatoms. The van der Waals surface area contributed by atoms with Crippen LogP contribution in [0.2, 0.25) is 0 Å². The number of alkyl halides is 3. The standard InChI is InChI=1S/C20H16F3N3O4/c1-29-17(28)10-26-8-7-12-13(3-2-4-15(12)26)18-24-19(30-25-18)11-5-6-16(27)14(9-11)20(21,22)23/h2-9,18,25,27H,10H2,1H3. The number of hydrogen-bond donors (Lipinski definition) is 2. The highest BCUT2D eigenvalue weighted by Crippen LogP contribution is 2.37. The van der Waals surface area contributed by atoms with E-state index in [9.17, 15) is 23.1 Å². The number of benzene rings is 2. The van der Waals surface area contributed by atoms with Crippen molar-refractivity contribution in [3.05, 3.63) is 65.4 Å². The van der Waals surface area contributed by atoms with E-state index in [2.05, 4.69) is 10.5 Å². The van der Waals surface area contributed by atoms with E-state index in [-0.39, 0.29) is 18.0 Å². The maximum Gasteiger partial charge on any atom is 0.419 e. The second kappa shape index (κ2) is 7.38. The first-order valence-electron chi connectivity index (χ1n) is 8.83. The minimum atomic E-state index is -4.71. The molecule has 2 aromatic carbocycles. The Hall–Kier alpha value is -3.53. The molecule has 3 aromatic rings. The van der Waals surface area contributed by atoms with Crippen LogP contribution in [0.25, 0.3) is 10.9 Å². The molecule has 0 saturated carbocycles. The van der Waals surface area contributed by atoms with Gasteiger partial charge in [-0.15, -0.1) is 5.48 Å². The number of hydroxylamine groups is 1. The molecule has 1 atom stereocenters. The summed E-state index contributed by atoms with van der Waals surface area (Å²) in [4.78, 5) is 21.3. The number of nitrogens with zero attached hydrogens (tertiary/aromatic N) is 2. The van der Waals surface area contributed by atoms with Gasteiger partial charge in [-0.25, -0.2) is 4.99 Å². The van der Waals surface area contributed by atoms with Gasteiger partial charge < -0.3 is 19.2 Å². The van der Waals surface area contributed by atoms with Gasteiger partial charge >= 0.3 is 12.1 Å². The van der Waals surface area contributed by atoms with Crippen LogP contribution in [-0.2, 0) is 27.1 Å². The van der Waals surface area contributed by atoms with Gasteiger partial charge in [0.1, 0.15) is 12.3 Å². The van der Waals surface area contributed by atoms with Gasteiger partial charge in [0.15, 0.2) is 6.17 Å². The van der Waals surface area contributed by atoms with Gasteiger partial charge in [-0.05, 0) is 30.3 Å². The normalized spacial score (nSPS) is 16.4. The fourth-order valence-corrected chi connectivity index (χ4v) is 3.27. The summed E-state index contributed by atoms with van der Waals surface area (Å²) in [5.74, 6) is -1.30. The number of methoxy groups -OCH3 is 1. The molecular formula is C20H16F3N3O4. The molecule has 0 bridgehead atoms. The van der Waals surface area contributed by atoms with E-state index in [1.54, 1.807) is 22.9 Å². The number of esters is 1. The number of phenolic OH excluding ortho intramolecular Hbond substituents is 1. The van der Waals surface area contributed by atoms with Gasteiger partial charge in [-0.3, -0.25) is 4.79 Å². The highest BCUT2D eigenvalue weighted by molar-refractivity contribution is 5.96. The van der Waals surface area contributed by atoms with E-state index >= 15 is 0 Å². The number of nitrogens with one attached hydrogen (secondary N) is 1. The fourth-order valence-electron chi connectivity index (χ4n) is 3.27. The maximum atomic E-state index is 13.1. The summed E-state index contributed by atoms with van der Waals surface area (Å²) in [5, 5.41) is 10.3. The summed E-state index contributed by atoms with van der Waals surface area (Å²) in [6.07, 6.45) is -3.64. The van der Waals surface area contributed by atoms with E-state index in [4.69, 9.17) is 9.57 Å². The minimum Gasteiger partial charge on any atom is -0.507 e. The minimum absolute atomic E-state index is 0.0310. The number of phenols is 1. The number of hydrogen-bond acceptors (Lipinski definition) is 6. The average Bonchev–Trinajstić information content (AvgIpc) is 3.35. The monoisotopic (exact) mass is 419 g/mol.